The normalized spacial score (nSPS) is 12.2. The number of carbonyl (C=O) groups is 1. The van der Waals surface area contributed by atoms with Crippen molar-refractivity contribution in [3.8, 4) is 11.3 Å². The molecular weight excluding hydrogens is 605 g/mol. The van der Waals surface area contributed by atoms with Crippen LogP contribution in [0.1, 0.15) is 97.2 Å². The number of alkyl halides is 3. The van der Waals surface area contributed by atoms with Crippen molar-refractivity contribution in [1.82, 2.24) is 9.97 Å². The average Bonchev–Trinajstić information content (AvgIpc) is 2.94. The van der Waals surface area contributed by atoms with Gasteiger partial charge in [-0.25, -0.2) is 22.8 Å². The zero-order chi connectivity index (χ0) is 32.8. The smallest absolute Gasteiger partial charge is 0.430 e. The molecule has 244 valence electrons. The molecule has 0 aliphatic carbocycles. The summed E-state index contributed by atoms with van der Waals surface area (Å²) in [5.74, 6) is -3.17. The van der Waals surface area contributed by atoms with Gasteiger partial charge in [-0.05, 0) is 56.4 Å². The van der Waals surface area contributed by atoms with Gasteiger partial charge in [-0.15, -0.1) is 0 Å². The van der Waals surface area contributed by atoms with Crippen LogP contribution in [0, 0.1) is 5.82 Å². The number of nitrogens with zero attached hydrogens (tertiary/aromatic N) is 2. The number of sulfonamides is 1. The Labute approximate surface area is 254 Å². The second-order valence-corrected chi connectivity index (χ2v) is 17.3. The molecule has 2 aromatic rings. The fraction of sp³-hybridized carbons (Fsp3) is 0.633. The van der Waals surface area contributed by atoms with E-state index in [1.165, 1.54) is 69.1 Å². The number of benzene rings is 1. The van der Waals surface area contributed by atoms with E-state index in [9.17, 15) is 26.0 Å². The first-order valence-corrected chi connectivity index (χ1v) is 19.0. The maximum absolute atomic E-state index is 13.8. The lowest BCUT2D eigenvalue weighted by atomic mass is 9.99. The van der Waals surface area contributed by atoms with Crippen LogP contribution in [0.15, 0.2) is 24.3 Å². The lowest BCUT2D eigenvalue weighted by Gasteiger charge is -2.30. The Bertz CT molecular complexity index is 1240. The van der Waals surface area contributed by atoms with Crippen molar-refractivity contribution < 1.29 is 35.9 Å². The van der Waals surface area contributed by atoms with Crippen molar-refractivity contribution in [1.29, 1.82) is 0 Å². The SMILES string of the molecule is CCCC[P+](CCCC)(CCCC)Cc1c(-c2ccc(F)cc2)nc(NS(=O)(=O)CC)nc1C(C)C.O=C([O-])C(F)(F)F. The molecule has 0 saturated heterocycles. The maximum atomic E-state index is 13.8. The topological polar surface area (TPSA) is 112 Å². The lowest BCUT2D eigenvalue weighted by Crippen LogP contribution is -2.37. The largest absolute Gasteiger partial charge is 0.542 e. The van der Waals surface area contributed by atoms with Crippen LogP contribution >= 0.6 is 7.26 Å². The molecule has 0 spiro atoms. The molecule has 1 aromatic heterocycles. The number of aromatic nitrogens is 2. The van der Waals surface area contributed by atoms with Crippen LogP contribution in [-0.2, 0) is 21.0 Å². The van der Waals surface area contributed by atoms with Gasteiger partial charge in [-0.1, -0.05) is 53.9 Å². The summed E-state index contributed by atoms with van der Waals surface area (Å²) in [7, 11) is -4.88. The molecule has 0 bridgehead atoms. The number of anilines is 1. The highest BCUT2D eigenvalue weighted by Crippen LogP contribution is 2.64. The van der Waals surface area contributed by atoms with E-state index in [1.54, 1.807) is 19.1 Å². The third-order valence-corrected chi connectivity index (χ3v) is 13.0. The number of unbranched alkanes of at least 4 members (excludes halogenated alkanes) is 3. The Morgan fingerprint density at radius 1 is 0.930 bits per heavy atom. The first-order valence-electron chi connectivity index (χ1n) is 14.8. The predicted octanol–water partition coefficient (Wildman–Crippen LogP) is 7.38. The molecule has 7 nitrogen and oxygen atoms in total. The van der Waals surface area contributed by atoms with Crippen molar-refractivity contribution in [2.75, 3.05) is 29.0 Å². The zero-order valence-electron chi connectivity index (χ0n) is 26.1. The molecule has 1 N–H and O–H groups in total. The van der Waals surface area contributed by atoms with Crippen molar-refractivity contribution >= 4 is 29.2 Å². The number of hydrogen-bond acceptors (Lipinski definition) is 6. The van der Waals surface area contributed by atoms with E-state index < -0.39 is 29.4 Å². The summed E-state index contributed by atoms with van der Waals surface area (Å²) >= 11 is 0. The lowest BCUT2D eigenvalue weighted by molar-refractivity contribution is -0.344. The fourth-order valence-corrected chi connectivity index (χ4v) is 10.2. The second kappa shape index (κ2) is 17.8. The molecule has 0 saturated carbocycles. The van der Waals surface area contributed by atoms with Gasteiger partial charge in [0.25, 0.3) is 0 Å². The van der Waals surface area contributed by atoms with Gasteiger partial charge in [-0.3, -0.25) is 4.72 Å². The van der Waals surface area contributed by atoms with Crippen LogP contribution in [0.3, 0.4) is 0 Å². The van der Waals surface area contributed by atoms with Crippen molar-refractivity contribution in [3.63, 3.8) is 0 Å². The van der Waals surface area contributed by atoms with Gasteiger partial charge in [0, 0.05) is 18.4 Å². The van der Waals surface area contributed by atoms with Crippen LogP contribution in [0.25, 0.3) is 11.3 Å². The first kappa shape index (κ1) is 38.7. The van der Waals surface area contributed by atoms with Crippen LogP contribution < -0.4 is 9.83 Å². The average molecular weight is 652 g/mol. The third-order valence-electron chi connectivity index (χ3n) is 7.01. The minimum Gasteiger partial charge on any atom is -0.542 e. The number of halogens is 4. The van der Waals surface area contributed by atoms with Gasteiger partial charge in [0.1, 0.15) is 11.8 Å². The van der Waals surface area contributed by atoms with Gasteiger partial charge in [0.2, 0.25) is 16.0 Å². The van der Waals surface area contributed by atoms with Gasteiger partial charge in [0.15, 0.2) is 0 Å². The standard InChI is InChI=1S/C28H46FN3O2PS.C2HF3O2/c1-7-11-18-35(19-12-8-2,20-13-9-3)21-25-26(22(5)6)30-28(32-36(33,34)10-4)31-27(25)23-14-16-24(29)17-15-23;3-2(4,5)1(6)7/h14-17,22H,7-13,18-21H2,1-6H3,(H,30,31,32);(H,6,7)/q+1;/p-1. The minimum atomic E-state index is -5.19. The van der Waals surface area contributed by atoms with Crippen molar-refractivity contribution in [3.05, 3.63) is 41.3 Å². The first-order chi connectivity index (χ1) is 20.0. The Morgan fingerprint density at radius 2 is 1.40 bits per heavy atom. The number of rotatable bonds is 16. The Kier molecular flexibility index (Phi) is 16.1. The number of aliphatic carboxylic acids is 1. The van der Waals surface area contributed by atoms with Crippen LogP contribution in [0.4, 0.5) is 23.5 Å². The van der Waals surface area contributed by atoms with Crippen LogP contribution in [0.5, 0.6) is 0 Å². The summed E-state index contributed by atoms with van der Waals surface area (Å²) in [5, 5.41) is 8.78. The monoisotopic (exact) mass is 651 g/mol. The van der Waals surface area contributed by atoms with E-state index in [0.29, 0.717) is 0 Å². The molecule has 0 fully saturated rings. The molecule has 0 aliphatic rings. The Hall–Kier alpha value is -2.33. The fourth-order valence-electron chi connectivity index (χ4n) is 4.63. The van der Waals surface area contributed by atoms with E-state index in [4.69, 9.17) is 19.9 Å². The van der Waals surface area contributed by atoms with Gasteiger partial charge in [0.05, 0.1) is 41.8 Å². The number of carbonyl (C=O) groups excluding carboxylic acids is 1. The van der Waals surface area contributed by atoms with Gasteiger partial charge in [-0.2, -0.15) is 13.2 Å². The third kappa shape index (κ3) is 13.1. The van der Waals surface area contributed by atoms with Crippen LogP contribution in [-0.4, -0.2) is 54.8 Å². The summed E-state index contributed by atoms with van der Waals surface area (Å²) in [6.45, 7) is 12.6. The van der Waals surface area contributed by atoms with E-state index in [2.05, 4.69) is 39.3 Å². The number of carboxylic acid groups (broad SMARTS) is 1. The molecule has 13 heteroatoms. The van der Waals surface area contributed by atoms with E-state index in [0.717, 1.165) is 28.7 Å². The second-order valence-electron chi connectivity index (χ2n) is 10.9. The van der Waals surface area contributed by atoms with Crippen molar-refractivity contribution in [2.45, 2.75) is 98.3 Å². The molecule has 2 rings (SSSR count). The van der Waals surface area contributed by atoms with Crippen LogP contribution in [0.2, 0.25) is 0 Å². The molecule has 1 aromatic carbocycles. The molecule has 1 heterocycles. The quantitative estimate of drug-likeness (QED) is 0.150. The van der Waals surface area contributed by atoms with E-state index in [-0.39, 0.29) is 23.4 Å². The summed E-state index contributed by atoms with van der Waals surface area (Å²) in [4.78, 5) is 18.3. The number of carboxylic acids is 1. The molecule has 0 amide bonds. The highest BCUT2D eigenvalue weighted by atomic mass is 32.2. The summed E-state index contributed by atoms with van der Waals surface area (Å²) in [5.41, 5.74) is 3.54. The summed E-state index contributed by atoms with van der Waals surface area (Å²) in [6, 6.07) is 6.38. The summed E-state index contributed by atoms with van der Waals surface area (Å²) in [6.07, 6.45) is 6.73. The van der Waals surface area contributed by atoms with E-state index in [1.807, 2.05) is 0 Å². The molecular formula is C30H46F4N3O4PS. The highest BCUT2D eigenvalue weighted by Gasteiger charge is 2.38. The molecule has 0 atom stereocenters. The Balaban J connectivity index is 0.00000117. The van der Waals surface area contributed by atoms with Crippen molar-refractivity contribution in [2.24, 2.45) is 0 Å². The van der Waals surface area contributed by atoms with E-state index >= 15 is 0 Å². The molecule has 43 heavy (non-hydrogen) atoms. The number of hydrogen-bond donors (Lipinski definition) is 1. The molecule has 0 radical (unpaired) electrons. The minimum absolute atomic E-state index is 0.0549. The molecule has 0 unspecified atom stereocenters. The zero-order valence-corrected chi connectivity index (χ0v) is 27.8. The molecule has 0 aliphatic heterocycles. The predicted molar refractivity (Wildman–Crippen MR) is 166 cm³/mol. The Morgan fingerprint density at radius 3 is 1.77 bits per heavy atom. The number of nitrogens with one attached hydrogen (secondary N) is 1. The highest BCUT2D eigenvalue weighted by molar-refractivity contribution is 7.92. The summed E-state index contributed by atoms with van der Waals surface area (Å²) < 4.78 is 72.7. The maximum Gasteiger partial charge on any atom is 0.430 e. The van der Waals surface area contributed by atoms with Gasteiger partial charge < -0.3 is 9.90 Å². The van der Waals surface area contributed by atoms with Gasteiger partial charge >= 0.3 is 6.18 Å².